The second kappa shape index (κ2) is 8.28. The van der Waals surface area contributed by atoms with Crippen LogP contribution in [0, 0.1) is 0 Å². The minimum atomic E-state index is -0.302. The molecule has 0 bridgehead atoms. The summed E-state index contributed by atoms with van der Waals surface area (Å²) in [5, 5.41) is 7.94. The number of carbonyl (C=O) groups excluding carboxylic acids is 1. The Hall–Kier alpha value is -3.81. The van der Waals surface area contributed by atoms with Crippen LogP contribution < -0.4 is 20.3 Å². The van der Waals surface area contributed by atoms with Gasteiger partial charge in [0.25, 0.3) is 5.56 Å². The van der Waals surface area contributed by atoms with Gasteiger partial charge in [0.2, 0.25) is 5.91 Å². The van der Waals surface area contributed by atoms with E-state index in [0.29, 0.717) is 30.0 Å². The molecule has 0 saturated carbocycles. The van der Waals surface area contributed by atoms with Crippen molar-refractivity contribution in [2.24, 2.45) is 0 Å². The summed E-state index contributed by atoms with van der Waals surface area (Å²) < 4.78 is 13.4. The Kier molecular flexibility index (Phi) is 5.38. The fourth-order valence-corrected chi connectivity index (χ4v) is 3.45. The number of aromatic nitrogens is 3. The van der Waals surface area contributed by atoms with Crippen LogP contribution in [0.15, 0.2) is 59.7 Å². The summed E-state index contributed by atoms with van der Waals surface area (Å²) in [5.74, 6) is 1.03. The van der Waals surface area contributed by atoms with E-state index in [-0.39, 0.29) is 18.0 Å². The molecular formula is C22H22N4O4. The molecule has 2 aromatic carbocycles. The third-order valence-corrected chi connectivity index (χ3v) is 4.99. The van der Waals surface area contributed by atoms with Crippen molar-refractivity contribution in [3.05, 3.63) is 70.8 Å². The molecule has 0 aliphatic rings. The Balaban J connectivity index is 1.42. The molecule has 8 nitrogen and oxygen atoms in total. The highest BCUT2D eigenvalue weighted by atomic mass is 16.5. The third-order valence-electron chi connectivity index (χ3n) is 4.99. The molecule has 0 radical (unpaired) electrons. The van der Waals surface area contributed by atoms with Crippen molar-refractivity contribution in [1.29, 1.82) is 0 Å². The summed E-state index contributed by atoms with van der Waals surface area (Å²) in [6, 6.07) is 15.1. The topological polar surface area (TPSA) is 86.9 Å². The van der Waals surface area contributed by atoms with Gasteiger partial charge in [0.05, 0.1) is 19.7 Å². The first-order valence-electron chi connectivity index (χ1n) is 9.54. The number of rotatable bonds is 7. The molecule has 0 unspecified atom stereocenters. The van der Waals surface area contributed by atoms with Crippen molar-refractivity contribution < 1.29 is 14.3 Å². The number of amides is 1. The van der Waals surface area contributed by atoms with E-state index in [4.69, 9.17) is 9.47 Å². The Labute approximate surface area is 172 Å². The predicted octanol–water partition coefficient (Wildman–Crippen LogP) is 2.03. The van der Waals surface area contributed by atoms with Gasteiger partial charge < -0.3 is 14.8 Å². The minimum absolute atomic E-state index is 0.136. The van der Waals surface area contributed by atoms with Crippen LogP contribution in [0.25, 0.3) is 16.4 Å². The summed E-state index contributed by atoms with van der Waals surface area (Å²) in [7, 11) is 3.17. The summed E-state index contributed by atoms with van der Waals surface area (Å²) in [6.45, 7) is 0.295. The predicted molar refractivity (Wildman–Crippen MR) is 113 cm³/mol. The monoisotopic (exact) mass is 406 g/mol. The largest absolute Gasteiger partial charge is 0.493 e. The van der Waals surface area contributed by atoms with Crippen molar-refractivity contribution in [2.75, 3.05) is 20.8 Å². The number of hydrogen-bond donors (Lipinski definition) is 1. The Morgan fingerprint density at radius 1 is 1.03 bits per heavy atom. The van der Waals surface area contributed by atoms with Crippen LogP contribution in [0.1, 0.15) is 5.56 Å². The lowest BCUT2D eigenvalue weighted by molar-refractivity contribution is -0.121. The van der Waals surface area contributed by atoms with Gasteiger partial charge in [-0.1, -0.05) is 24.3 Å². The van der Waals surface area contributed by atoms with E-state index in [1.807, 2.05) is 48.5 Å². The molecule has 8 heteroatoms. The van der Waals surface area contributed by atoms with E-state index in [0.717, 1.165) is 16.5 Å². The average molecular weight is 406 g/mol. The lowest BCUT2D eigenvalue weighted by Gasteiger charge is -2.10. The lowest BCUT2D eigenvalue weighted by atomic mass is 10.1. The summed E-state index contributed by atoms with van der Waals surface area (Å²) >= 11 is 0. The summed E-state index contributed by atoms with van der Waals surface area (Å²) in [5.41, 5.74) is 2.10. The molecule has 0 aliphatic heterocycles. The fourth-order valence-electron chi connectivity index (χ4n) is 3.45. The average Bonchev–Trinajstić information content (AvgIpc) is 3.15. The van der Waals surface area contributed by atoms with Crippen molar-refractivity contribution in [3.8, 4) is 11.5 Å². The number of ether oxygens (including phenoxy) is 2. The maximum atomic E-state index is 12.7. The van der Waals surface area contributed by atoms with Gasteiger partial charge in [0.15, 0.2) is 11.5 Å². The normalized spacial score (nSPS) is 11.0. The number of nitrogens with zero attached hydrogens (tertiary/aromatic N) is 3. The summed E-state index contributed by atoms with van der Waals surface area (Å²) in [6.07, 6.45) is 2.19. The molecule has 4 aromatic rings. The molecule has 1 amide bonds. The maximum absolute atomic E-state index is 12.7. The van der Waals surface area contributed by atoms with E-state index >= 15 is 0 Å². The van der Waals surface area contributed by atoms with E-state index in [1.54, 1.807) is 24.9 Å². The molecule has 0 aliphatic carbocycles. The first kappa shape index (κ1) is 19.5. The van der Waals surface area contributed by atoms with E-state index in [1.165, 1.54) is 4.68 Å². The quantitative estimate of drug-likeness (QED) is 0.508. The van der Waals surface area contributed by atoms with Gasteiger partial charge in [-0.25, -0.2) is 4.68 Å². The van der Waals surface area contributed by atoms with Gasteiger partial charge in [-0.3, -0.25) is 14.0 Å². The first-order chi connectivity index (χ1) is 14.6. The van der Waals surface area contributed by atoms with Crippen LogP contribution in [0.4, 0.5) is 0 Å². The zero-order valence-electron chi connectivity index (χ0n) is 16.8. The smallest absolute Gasteiger partial charge is 0.291 e. The van der Waals surface area contributed by atoms with Gasteiger partial charge in [-0.2, -0.15) is 5.10 Å². The molecule has 2 heterocycles. The van der Waals surface area contributed by atoms with Crippen LogP contribution in [0.5, 0.6) is 11.5 Å². The zero-order valence-corrected chi connectivity index (χ0v) is 16.8. The lowest BCUT2D eigenvalue weighted by Crippen LogP contribution is -2.35. The third kappa shape index (κ3) is 3.71. The second-order valence-electron chi connectivity index (χ2n) is 6.84. The molecular weight excluding hydrogens is 384 g/mol. The number of para-hydroxylation sites is 1. The van der Waals surface area contributed by atoms with Crippen LogP contribution >= 0.6 is 0 Å². The molecule has 30 heavy (non-hydrogen) atoms. The van der Waals surface area contributed by atoms with Gasteiger partial charge in [-0.15, -0.1) is 0 Å². The Bertz CT molecular complexity index is 1280. The number of benzene rings is 2. The van der Waals surface area contributed by atoms with Crippen molar-refractivity contribution in [2.45, 2.75) is 13.0 Å². The minimum Gasteiger partial charge on any atom is -0.493 e. The van der Waals surface area contributed by atoms with Gasteiger partial charge >= 0.3 is 0 Å². The van der Waals surface area contributed by atoms with E-state index in [9.17, 15) is 9.59 Å². The molecule has 2 aromatic heterocycles. The number of fused-ring (bicyclic) bond motifs is 3. The second-order valence-corrected chi connectivity index (χ2v) is 6.84. The SMILES string of the molecule is COc1ccc(CCNC(=O)Cn2ncn3c(cc4ccccc43)c2=O)cc1OC. The molecule has 0 fully saturated rings. The Morgan fingerprint density at radius 3 is 2.63 bits per heavy atom. The molecule has 0 saturated heterocycles. The Morgan fingerprint density at radius 2 is 1.83 bits per heavy atom. The first-order valence-corrected chi connectivity index (χ1v) is 9.54. The number of hydrogen-bond acceptors (Lipinski definition) is 5. The van der Waals surface area contributed by atoms with Crippen LogP contribution in [-0.4, -0.2) is 40.9 Å². The highest BCUT2D eigenvalue weighted by Crippen LogP contribution is 2.27. The molecule has 4 rings (SSSR count). The van der Waals surface area contributed by atoms with Crippen LogP contribution in [0.3, 0.4) is 0 Å². The van der Waals surface area contributed by atoms with E-state index < -0.39 is 0 Å². The van der Waals surface area contributed by atoms with Crippen molar-refractivity contribution >= 4 is 22.3 Å². The molecule has 1 N–H and O–H groups in total. The highest BCUT2D eigenvalue weighted by Gasteiger charge is 2.11. The van der Waals surface area contributed by atoms with Gasteiger partial charge in [0, 0.05) is 11.9 Å². The van der Waals surface area contributed by atoms with E-state index in [2.05, 4.69) is 10.4 Å². The molecule has 0 spiro atoms. The van der Waals surface area contributed by atoms with Crippen LogP contribution in [-0.2, 0) is 17.8 Å². The van der Waals surface area contributed by atoms with Crippen molar-refractivity contribution in [1.82, 2.24) is 19.5 Å². The molecule has 154 valence electrons. The standard InChI is InChI=1S/C22H22N4O4/c1-29-19-8-7-15(11-20(19)30-2)9-10-23-21(27)13-26-22(28)18-12-16-5-3-4-6-17(16)25(18)14-24-26/h3-8,11-12,14H,9-10,13H2,1-2H3,(H,23,27). The van der Waals surface area contributed by atoms with Crippen molar-refractivity contribution in [3.63, 3.8) is 0 Å². The fraction of sp³-hybridized carbons (Fsp3) is 0.227. The molecule has 0 atom stereocenters. The van der Waals surface area contributed by atoms with Crippen LogP contribution in [0.2, 0.25) is 0 Å². The number of methoxy groups -OCH3 is 2. The highest BCUT2D eigenvalue weighted by molar-refractivity contribution is 5.86. The number of nitrogens with one attached hydrogen (secondary N) is 1. The van der Waals surface area contributed by atoms with Gasteiger partial charge in [-0.05, 0) is 36.2 Å². The zero-order chi connectivity index (χ0) is 21.1. The van der Waals surface area contributed by atoms with Gasteiger partial charge in [0.1, 0.15) is 18.4 Å². The summed E-state index contributed by atoms with van der Waals surface area (Å²) in [4.78, 5) is 25.1. The maximum Gasteiger partial charge on any atom is 0.291 e. The number of carbonyl (C=O) groups is 1.